The normalized spacial score (nSPS) is 16.4. The van der Waals surface area contributed by atoms with E-state index in [1.807, 2.05) is 7.05 Å². The summed E-state index contributed by atoms with van der Waals surface area (Å²) in [7, 11) is 1.97. The maximum atomic E-state index is 9.44. The lowest BCUT2D eigenvalue weighted by Crippen LogP contribution is -2.39. The van der Waals surface area contributed by atoms with Crippen molar-refractivity contribution in [3.8, 4) is 0 Å². The maximum Gasteiger partial charge on any atom is 0.0606 e. The van der Waals surface area contributed by atoms with Gasteiger partial charge < -0.3 is 15.3 Å². The monoisotopic (exact) mass is 340 g/mol. The summed E-state index contributed by atoms with van der Waals surface area (Å²) in [6.07, 6.45) is 6.46. The van der Waals surface area contributed by atoms with Gasteiger partial charge in [-0.2, -0.15) is 0 Å². The van der Waals surface area contributed by atoms with Gasteiger partial charge in [-0.15, -0.1) is 0 Å². The van der Waals surface area contributed by atoms with Crippen molar-refractivity contribution in [3.63, 3.8) is 0 Å². The molecule has 0 unspecified atom stereocenters. The Labute approximate surface area is 130 Å². The number of aliphatic hydroxyl groups is 1. The van der Waals surface area contributed by atoms with E-state index in [1.165, 1.54) is 43.4 Å². The van der Waals surface area contributed by atoms with Crippen LogP contribution >= 0.6 is 15.9 Å². The Balaban J connectivity index is 2.27. The molecule has 0 bridgehead atoms. The van der Waals surface area contributed by atoms with E-state index in [9.17, 15) is 5.11 Å². The number of hydrogen-bond donors (Lipinski definition) is 2. The first kappa shape index (κ1) is 15.8. The average Bonchev–Trinajstić information content (AvgIpc) is 2.47. The molecule has 0 amide bonds. The molecule has 1 aromatic carbocycles. The van der Waals surface area contributed by atoms with Crippen LogP contribution in [0.2, 0.25) is 0 Å². The van der Waals surface area contributed by atoms with Crippen LogP contribution in [0.4, 0.5) is 5.69 Å². The Hall–Kier alpha value is -0.580. The third-order valence-corrected chi connectivity index (χ3v) is 4.57. The van der Waals surface area contributed by atoms with Crippen LogP contribution in [0.3, 0.4) is 0 Å². The van der Waals surface area contributed by atoms with Crippen molar-refractivity contribution in [2.75, 3.05) is 25.1 Å². The molecule has 2 rings (SSSR count). The van der Waals surface area contributed by atoms with Gasteiger partial charge in [0.25, 0.3) is 0 Å². The number of nitrogens with zero attached hydrogens (tertiary/aromatic N) is 1. The van der Waals surface area contributed by atoms with Gasteiger partial charge in [-0.1, -0.05) is 35.2 Å². The van der Waals surface area contributed by atoms with Gasteiger partial charge in [0.15, 0.2) is 0 Å². The molecule has 1 fully saturated rings. The lowest BCUT2D eigenvalue weighted by molar-refractivity contribution is 0.290. The largest absolute Gasteiger partial charge is 0.395 e. The minimum atomic E-state index is 0.214. The van der Waals surface area contributed by atoms with Crippen molar-refractivity contribution in [2.45, 2.75) is 44.7 Å². The molecule has 0 aromatic heterocycles. The number of nitrogens with one attached hydrogen (secondary N) is 1. The zero-order valence-corrected chi connectivity index (χ0v) is 13.8. The second kappa shape index (κ2) is 8.01. The lowest BCUT2D eigenvalue weighted by atomic mass is 9.93. The summed E-state index contributed by atoms with van der Waals surface area (Å²) < 4.78 is 1.11. The molecule has 112 valence electrons. The SMILES string of the molecule is CNCc1cc(Br)ccc1N(CCO)C1CCCCC1. The summed E-state index contributed by atoms with van der Waals surface area (Å²) >= 11 is 3.55. The van der Waals surface area contributed by atoms with Crippen molar-refractivity contribution in [3.05, 3.63) is 28.2 Å². The number of anilines is 1. The molecule has 1 aliphatic carbocycles. The van der Waals surface area contributed by atoms with Crippen LogP contribution in [-0.2, 0) is 6.54 Å². The van der Waals surface area contributed by atoms with E-state index in [0.717, 1.165) is 17.6 Å². The molecule has 0 heterocycles. The topological polar surface area (TPSA) is 35.5 Å². The van der Waals surface area contributed by atoms with E-state index in [1.54, 1.807) is 0 Å². The number of benzene rings is 1. The van der Waals surface area contributed by atoms with E-state index in [0.29, 0.717) is 6.04 Å². The summed E-state index contributed by atoms with van der Waals surface area (Å²) in [5, 5.41) is 12.7. The van der Waals surface area contributed by atoms with E-state index in [2.05, 4.69) is 44.3 Å². The average molecular weight is 341 g/mol. The van der Waals surface area contributed by atoms with E-state index in [-0.39, 0.29) is 6.61 Å². The first-order chi connectivity index (χ1) is 9.76. The van der Waals surface area contributed by atoms with Crippen LogP contribution < -0.4 is 10.2 Å². The van der Waals surface area contributed by atoms with Crippen molar-refractivity contribution >= 4 is 21.6 Å². The molecule has 2 N–H and O–H groups in total. The van der Waals surface area contributed by atoms with Gasteiger partial charge in [-0.3, -0.25) is 0 Å². The number of halogens is 1. The molecule has 0 radical (unpaired) electrons. The van der Waals surface area contributed by atoms with Gasteiger partial charge in [0, 0.05) is 29.3 Å². The smallest absolute Gasteiger partial charge is 0.0606 e. The minimum absolute atomic E-state index is 0.214. The van der Waals surface area contributed by atoms with Crippen molar-refractivity contribution in [1.29, 1.82) is 0 Å². The molecule has 3 nitrogen and oxygen atoms in total. The summed E-state index contributed by atoms with van der Waals surface area (Å²) in [6, 6.07) is 7.04. The fraction of sp³-hybridized carbons (Fsp3) is 0.625. The highest BCUT2D eigenvalue weighted by Crippen LogP contribution is 2.31. The predicted molar refractivity (Wildman–Crippen MR) is 88.2 cm³/mol. The number of hydrogen-bond acceptors (Lipinski definition) is 3. The minimum Gasteiger partial charge on any atom is -0.395 e. The lowest BCUT2D eigenvalue weighted by Gasteiger charge is -2.37. The fourth-order valence-corrected chi connectivity index (χ4v) is 3.57. The van der Waals surface area contributed by atoms with Gasteiger partial charge in [0.05, 0.1) is 6.61 Å². The van der Waals surface area contributed by atoms with Crippen molar-refractivity contribution in [1.82, 2.24) is 5.32 Å². The Morgan fingerprint density at radius 2 is 2.05 bits per heavy atom. The van der Waals surface area contributed by atoms with E-state index < -0.39 is 0 Å². The highest BCUT2D eigenvalue weighted by molar-refractivity contribution is 9.10. The second-order valence-corrected chi connectivity index (χ2v) is 6.43. The van der Waals surface area contributed by atoms with Gasteiger partial charge in [-0.05, 0) is 43.7 Å². The molecule has 20 heavy (non-hydrogen) atoms. The summed E-state index contributed by atoms with van der Waals surface area (Å²) in [5.41, 5.74) is 2.56. The number of aliphatic hydroxyl groups excluding tert-OH is 1. The summed E-state index contributed by atoms with van der Waals surface area (Å²) in [4.78, 5) is 2.41. The first-order valence-corrected chi connectivity index (χ1v) is 8.36. The summed E-state index contributed by atoms with van der Waals surface area (Å²) in [5.74, 6) is 0. The Morgan fingerprint density at radius 1 is 1.30 bits per heavy atom. The standard InChI is InChI=1S/C16H25BrN2O/c1-18-12-13-11-14(17)7-8-16(13)19(9-10-20)15-5-3-2-4-6-15/h7-8,11,15,18,20H,2-6,9-10,12H2,1H3. The maximum absolute atomic E-state index is 9.44. The molecular weight excluding hydrogens is 316 g/mol. The van der Waals surface area contributed by atoms with Crippen LogP contribution in [0, 0.1) is 0 Å². The molecule has 4 heteroatoms. The third-order valence-electron chi connectivity index (χ3n) is 4.07. The highest BCUT2D eigenvalue weighted by Gasteiger charge is 2.22. The van der Waals surface area contributed by atoms with Crippen LogP contribution in [0.15, 0.2) is 22.7 Å². The van der Waals surface area contributed by atoms with Crippen LogP contribution in [0.1, 0.15) is 37.7 Å². The first-order valence-electron chi connectivity index (χ1n) is 7.56. The zero-order valence-electron chi connectivity index (χ0n) is 12.2. The second-order valence-electron chi connectivity index (χ2n) is 5.51. The zero-order chi connectivity index (χ0) is 14.4. The highest BCUT2D eigenvalue weighted by atomic mass is 79.9. The van der Waals surface area contributed by atoms with Gasteiger partial charge in [0.1, 0.15) is 0 Å². The van der Waals surface area contributed by atoms with Crippen LogP contribution in [-0.4, -0.2) is 31.3 Å². The van der Waals surface area contributed by atoms with Gasteiger partial charge in [-0.25, -0.2) is 0 Å². The fourth-order valence-electron chi connectivity index (χ4n) is 3.17. The van der Waals surface area contributed by atoms with Gasteiger partial charge in [0.2, 0.25) is 0 Å². The van der Waals surface area contributed by atoms with Crippen LogP contribution in [0.25, 0.3) is 0 Å². The van der Waals surface area contributed by atoms with Crippen molar-refractivity contribution < 1.29 is 5.11 Å². The molecule has 1 saturated carbocycles. The van der Waals surface area contributed by atoms with E-state index in [4.69, 9.17) is 0 Å². The van der Waals surface area contributed by atoms with Crippen molar-refractivity contribution in [2.24, 2.45) is 0 Å². The molecule has 0 atom stereocenters. The third kappa shape index (κ3) is 3.96. The van der Waals surface area contributed by atoms with Crippen LogP contribution in [0.5, 0.6) is 0 Å². The van der Waals surface area contributed by atoms with Gasteiger partial charge >= 0.3 is 0 Å². The Kier molecular flexibility index (Phi) is 6.33. The quantitative estimate of drug-likeness (QED) is 0.833. The predicted octanol–water partition coefficient (Wildman–Crippen LogP) is 3.30. The molecule has 0 aliphatic heterocycles. The molecule has 1 aromatic rings. The van der Waals surface area contributed by atoms with E-state index >= 15 is 0 Å². The molecule has 0 spiro atoms. The molecule has 0 saturated heterocycles. The molecule has 1 aliphatic rings. The Bertz CT molecular complexity index is 419. The number of rotatable bonds is 6. The Morgan fingerprint density at radius 3 is 2.70 bits per heavy atom. The molecular formula is C16H25BrN2O. The summed E-state index contributed by atoms with van der Waals surface area (Å²) in [6.45, 7) is 1.79.